The van der Waals surface area contributed by atoms with Crippen molar-refractivity contribution in [3.05, 3.63) is 11.6 Å². The molecule has 0 nitrogen and oxygen atoms in total. The summed E-state index contributed by atoms with van der Waals surface area (Å²) >= 11 is 0. The fourth-order valence-electron chi connectivity index (χ4n) is 3.66. The van der Waals surface area contributed by atoms with E-state index in [1.807, 2.05) is 0 Å². The summed E-state index contributed by atoms with van der Waals surface area (Å²) in [6.45, 7) is 19.1. The van der Waals surface area contributed by atoms with Crippen molar-refractivity contribution in [2.24, 2.45) is 28.6 Å². The van der Waals surface area contributed by atoms with Gasteiger partial charge in [-0.2, -0.15) is 0 Å². The Hall–Kier alpha value is -0.260. The van der Waals surface area contributed by atoms with Crippen LogP contribution in [0.5, 0.6) is 0 Å². The molecule has 0 radical (unpaired) electrons. The zero-order chi connectivity index (χ0) is 14.8. The Labute approximate surface area is 122 Å². The summed E-state index contributed by atoms with van der Waals surface area (Å²) in [5, 5.41) is 0. The molecule has 0 aliphatic heterocycles. The lowest BCUT2D eigenvalue weighted by Gasteiger charge is -2.41. The molecule has 0 fully saturated rings. The maximum atomic E-state index is 2.56. The minimum absolute atomic E-state index is 0.375. The molecule has 1 aliphatic rings. The molecule has 0 heteroatoms. The number of rotatable bonds is 3. The molecule has 0 bridgehead atoms. The fourth-order valence-corrected chi connectivity index (χ4v) is 3.66. The summed E-state index contributed by atoms with van der Waals surface area (Å²) in [7, 11) is 0. The van der Waals surface area contributed by atoms with Gasteiger partial charge in [0.15, 0.2) is 0 Å². The van der Waals surface area contributed by atoms with Crippen molar-refractivity contribution >= 4 is 0 Å². The second-order valence-electron chi connectivity index (χ2n) is 9.12. The van der Waals surface area contributed by atoms with E-state index in [0.717, 1.165) is 17.8 Å². The van der Waals surface area contributed by atoms with Gasteiger partial charge in [0.2, 0.25) is 0 Å². The normalized spacial score (nSPS) is 23.4. The van der Waals surface area contributed by atoms with Crippen molar-refractivity contribution in [3.63, 3.8) is 0 Å². The van der Waals surface area contributed by atoms with Gasteiger partial charge in [-0.1, -0.05) is 67.0 Å². The zero-order valence-electron chi connectivity index (χ0n) is 14.6. The summed E-state index contributed by atoms with van der Waals surface area (Å²) in [5.41, 5.74) is 2.50. The van der Waals surface area contributed by atoms with E-state index in [1.165, 1.54) is 25.7 Å². The molecule has 0 heterocycles. The molecule has 1 aliphatic carbocycles. The molecular formula is C19H36. The molecule has 0 aromatic carbocycles. The standard InChI is InChI=1S/C19H36/c1-14(2)13-17(19(6,7)8)15-9-11-16(12-10-15)18(3,4)5/h11,14-15,17H,9-10,12-13H2,1-8H3. The molecule has 1 rings (SSSR count). The topological polar surface area (TPSA) is 0 Å². The van der Waals surface area contributed by atoms with E-state index in [0.29, 0.717) is 10.8 Å². The van der Waals surface area contributed by atoms with Crippen LogP contribution in [0.3, 0.4) is 0 Å². The molecule has 19 heavy (non-hydrogen) atoms. The molecule has 0 saturated heterocycles. The minimum Gasteiger partial charge on any atom is -0.0845 e. The van der Waals surface area contributed by atoms with Gasteiger partial charge in [-0.15, -0.1) is 0 Å². The van der Waals surface area contributed by atoms with Gasteiger partial charge in [-0.05, 0) is 54.3 Å². The Morgan fingerprint density at radius 3 is 2.00 bits per heavy atom. The third kappa shape index (κ3) is 4.97. The van der Waals surface area contributed by atoms with E-state index >= 15 is 0 Å². The van der Waals surface area contributed by atoms with Crippen molar-refractivity contribution in [1.82, 2.24) is 0 Å². The maximum absolute atomic E-state index is 2.56. The van der Waals surface area contributed by atoms with Crippen LogP contribution in [-0.2, 0) is 0 Å². The second-order valence-corrected chi connectivity index (χ2v) is 9.12. The highest BCUT2D eigenvalue weighted by Crippen LogP contribution is 2.45. The molecule has 0 N–H and O–H groups in total. The number of allylic oxidation sites excluding steroid dienone is 2. The Bertz CT molecular complexity index is 306. The highest BCUT2D eigenvalue weighted by atomic mass is 14.4. The average molecular weight is 264 g/mol. The maximum Gasteiger partial charge on any atom is -0.0173 e. The predicted octanol–water partition coefficient (Wildman–Crippen LogP) is 6.47. The van der Waals surface area contributed by atoms with Crippen LogP contribution >= 0.6 is 0 Å². The Kier molecular flexibility index (Phi) is 5.32. The van der Waals surface area contributed by atoms with E-state index in [9.17, 15) is 0 Å². The number of hydrogen-bond donors (Lipinski definition) is 0. The zero-order valence-corrected chi connectivity index (χ0v) is 14.6. The van der Waals surface area contributed by atoms with Crippen molar-refractivity contribution < 1.29 is 0 Å². The molecule has 0 spiro atoms. The van der Waals surface area contributed by atoms with E-state index in [4.69, 9.17) is 0 Å². The van der Waals surface area contributed by atoms with Gasteiger partial charge in [0.05, 0.1) is 0 Å². The Morgan fingerprint density at radius 2 is 1.68 bits per heavy atom. The Morgan fingerprint density at radius 1 is 1.11 bits per heavy atom. The van der Waals surface area contributed by atoms with Crippen LogP contribution in [0.4, 0.5) is 0 Å². The third-order valence-electron chi connectivity index (χ3n) is 4.82. The van der Waals surface area contributed by atoms with Gasteiger partial charge in [0.25, 0.3) is 0 Å². The Balaban J connectivity index is 2.78. The summed E-state index contributed by atoms with van der Waals surface area (Å²) < 4.78 is 0. The van der Waals surface area contributed by atoms with Crippen LogP contribution in [-0.4, -0.2) is 0 Å². The lowest BCUT2D eigenvalue weighted by atomic mass is 9.64. The molecular weight excluding hydrogens is 228 g/mol. The van der Waals surface area contributed by atoms with E-state index in [-0.39, 0.29) is 0 Å². The van der Waals surface area contributed by atoms with Gasteiger partial charge in [-0.25, -0.2) is 0 Å². The van der Waals surface area contributed by atoms with Crippen molar-refractivity contribution in [3.8, 4) is 0 Å². The van der Waals surface area contributed by atoms with Crippen LogP contribution in [0.1, 0.15) is 81.1 Å². The van der Waals surface area contributed by atoms with Crippen LogP contribution in [0, 0.1) is 28.6 Å². The first-order chi connectivity index (χ1) is 8.51. The fraction of sp³-hybridized carbons (Fsp3) is 0.895. The van der Waals surface area contributed by atoms with Gasteiger partial charge in [-0.3, -0.25) is 0 Å². The average Bonchev–Trinajstić information content (AvgIpc) is 2.23. The SMILES string of the molecule is CC(C)CC(C1CC=C(C(C)(C)C)CC1)C(C)(C)C. The van der Waals surface area contributed by atoms with Gasteiger partial charge < -0.3 is 0 Å². The van der Waals surface area contributed by atoms with Gasteiger partial charge in [0.1, 0.15) is 0 Å². The largest absolute Gasteiger partial charge is 0.0845 e. The quantitative estimate of drug-likeness (QED) is 0.513. The van der Waals surface area contributed by atoms with E-state index in [2.05, 4.69) is 61.5 Å². The van der Waals surface area contributed by atoms with Crippen molar-refractivity contribution in [2.75, 3.05) is 0 Å². The van der Waals surface area contributed by atoms with Crippen molar-refractivity contribution in [1.29, 1.82) is 0 Å². The first-order valence-corrected chi connectivity index (χ1v) is 8.21. The molecule has 0 aromatic heterocycles. The molecule has 2 unspecified atom stereocenters. The predicted molar refractivity (Wildman–Crippen MR) is 87.3 cm³/mol. The van der Waals surface area contributed by atoms with Crippen LogP contribution < -0.4 is 0 Å². The van der Waals surface area contributed by atoms with E-state index < -0.39 is 0 Å². The minimum atomic E-state index is 0.375. The lowest BCUT2D eigenvalue weighted by molar-refractivity contribution is 0.119. The molecule has 0 amide bonds. The summed E-state index contributed by atoms with van der Waals surface area (Å²) in [6.07, 6.45) is 7.97. The molecule has 0 saturated carbocycles. The highest BCUT2D eigenvalue weighted by Gasteiger charge is 2.34. The molecule has 112 valence electrons. The lowest BCUT2D eigenvalue weighted by Crippen LogP contribution is -2.31. The number of hydrogen-bond acceptors (Lipinski definition) is 0. The van der Waals surface area contributed by atoms with Crippen LogP contribution in [0.25, 0.3) is 0 Å². The molecule has 0 aromatic rings. The third-order valence-corrected chi connectivity index (χ3v) is 4.82. The first-order valence-electron chi connectivity index (χ1n) is 8.21. The molecule has 2 atom stereocenters. The summed E-state index contributed by atoms with van der Waals surface area (Å²) in [4.78, 5) is 0. The summed E-state index contributed by atoms with van der Waals surface area (Å²) in [6, 6.07) is 0. The highest BCUT2D eigenvalue weighted by molar-refractivity contribution is 5.14. The second kappa shape index (κ2) is 6.02. The smallest absolute Gasteiger partial charge is 0.0173 e. The van der Waals surface area contributed by atoms with Crippen LogP contribution in [0.15, 0.2) is 11.6 Å². The van der Waals surface area contributed by atoms with Gasteiger partial charge in [0, 0.05) is 0 Å². The van der Waals surface area contributed by atoms with E-state index in [1.54, 1.807) is 5.57 Å². The van der Waals surface area contributed by atoms with Crippen molar-refractivity contribution in [2.45, 2.75) is 81.1 Å². The monoisotopic (exact) mass is 264 g/mol. The van der Waals surface area contributed by atoms with Crippen LogP contribution in [0.2, 0.25) is 0 Å². The van der Waals surface area contributed by atoms with Gasteiger partial charge >= 0.3 is 0 Å². The first kappa shape index (κ1) is 16.8. The summed E-state index contributed by atoms with van der Waals surface area (Å²) in [5.74, 6) is 2.58.